The van der Waals surface area contributed by atoms with E-state index in [1.807, 2.05) is 37.3 Å². The Morgan fingerprint density at radius 2 is 1.93 bits per heavy atom. The number of amides is 1. The van der Waals surface area contributed by atoms with Crippen LogP contribution < -0.4 is 15.6 Å². The number of nitrogens with one attached hydrogen (secondary N) is 1. The van der Waals surface area contributed by atoms with Crippen molar-refractivity contribution in [3.05, 3.63) is 81.5 Å². The summed E-state index contributed by atoms with van der Waals surface area (Å²) < 4.78 is 8.40. The Kier molecular flexibility index (Phi) is 5.40. The molecule has 0 spiro atoms. The van der Waals surface area contributed by atoms with E-state index in [1.54, 1.807) is 35.7 Å². The Morgan fingerprint density at radius 1 is 1.19 bits per heavy atom. The highest BCUT2D eigenvalue weighted by Crippen LogP contribution is 2.12. The number of aromatic nitrogens is 3. The zero-order valence-corrected chi connectivity index (χ0v) is 15.6. The average Bonchev–Trinajstić information content (AvgIpc) is 3.14. The van der Waals surface area contributed by atoms with Crippen LogP contribution in [0.2, 0.25) is 0 Å². The van der Waals surface area contributed by atoms with Crippen LogP contribution in [0.5, 0.6) is 5.75 Å². The summed E-state index contributed by atoms with van der Waals surface area (Å²) in [6.45, 7) is 2.59. The lowest BCUT2D eigenvalue weighted by Gasteiger charge is -2.07. The van der Waals surface area contributed by atoms with Gasteiger partial charge in [0.05, 0.1) is 25.4 Å². The Balaban J connectivity index is 1.63. The molecule has 2 aromatic heterocycles. The van der Waals surface area contributed by atoms with Crippen molar-refractivity contribution < 1.29 is 9.53 Å². The third-order valence-electron chi connectivity index (χ3n) is 4.47. The zero-order chi connectivity index (χ0) is 19.4. The molecular weight excluding hydrogens is 344 g/mol. The van der Waals surface area contributed by atoms with E-state index in [-0.39, 0.29) is 18.0 Å². The van der Waals surface area contributed by atoms with Gasteiger partial charge in [-0.3, -0.25) is 14.3 Å². The second-order valence-corrected chi connectivity index (χ2v) is 6.32. The minimum atomic E-state index is -0.265. The molecule has 1 aromatic carbocycles. The SMILES string of the molecule is COc1ccc(Cn2cc(C(=O)NCc3ccc(C)n(C)c3=O)cn2)cc1. The van der Waals surface area contributed by atoms with E-state index in [9.17, 15) is 9.59 Å². The van der Waals surface area contributed by atoms with Gasteiger partial charge in [-0.05, 0) is 30.7 Å². The van der Waals surface area contributed by atoms with Gasteiger partial charge in [-0.2, -0.15) is 5.10 Å². The molecule has 0 aliphatic carbocycles. The molecule has 0 fully saturated rings. The molecule has 0 saturated carbocycles. The van der Waals surface area contributed by atoms with Crippen LogP contribution >= 0.6 is 0 Å². The lowest BCUT2D eigenvalue weighted by molar-refractivity contribution is 0.0950. The fourth-order valence-corrected chi connectivity index (χ4v) is 2.68. The van der Waals surface area contributed by atoms with Crippen molar-refractivity contribution in [2.24, 2.45) is 7.05 Å². The molecule has 0 atom stereocenters. The number of benzene rings is 1. The topological polar surface area (TPSA) is 78.1 Å². The number of ether oxygens (including phenoxy) is 1. The first-order valence-corrected chi connectivity index (χ1v) is 8.57. The Bertz CT molecular complexity index is 1000. The number of aryl methyl sites for hydroxylation is 1. The van der Waals surface area contributed by atoms with Crippen LogP contribution in [0.15, 0.2) is 53.6 Å². The normalized spacial score (nSPS) is 10.6. The third kappa shape index (κ3) is 4.25. The van der Waals surface area contributed by atoms with Gasteiger partial charge in [-0.15, -0.1) is 0 Å². The summed E-state index contributed by atoms with van der Waals surface area (Å²) in [5, 5.41) is 7.01. The first-order valence-electron chi connectivity index (χ1n) is 8.57. The van der Waals surface area contributed by atoms with Gasteiger partial charge in [-0.1, -0.05) is 18.2 Å². The van der Waals surface area contributed by atoms with E-state index in [2.05, 4.69) is 10.4 Å². The highest BCUT2D eigenvalue weighted by atomic mass is 16.5. The maximum Gasteiger partial charge on any atom is 0.255 e. The van der Waals surface area contributed by atoms with E-state index in [0.717, 1.165) is 17.0 Å². The summed E-state index contributed by atoms with van der Waals surface area (Å²) in [5.41, 5.74) is 2.81. The lowest BCUT2D eigenvalue weighted by Crippen LogP contribution is -2.29. The van der Waals surface area contributed by atoms with Gasteiger partial charge in [-0.25, -0.2) is 0 Å². The van der Waals surface area contributed by atoms with E-state index >= 15 is 0 Å². The Hall–Kier alpha value is -3.35. The van der Waals surface area contributed by atoms with Crippen molar-refractivity contribution in [1.82, 2.24) is 19.7 Å². The third-order valence-corrected chi connectivity index (χ3v) is 4.47. The fraction of sp³-hybridized carbons (Fsp3) is 0.250. The minimum Gasteiger partial charge on any atom is -0.497 e. The first-order chi connectivity index (χ1) is 13.0. The van der Waals surface area contributed by atoms with Gasteiger partial charge in [0, 0.05) is 31.0 Å². The summed E-state index contributed by atoms with van der Waals surface area (Å²) in [6.07, 6.45) is 3.21. The Labute approximate surface area is 157 Å². The molecule has 27 heavy (non-hydrogen) atoms. The molecule has 0 bridgehead atoms. The number of carbonyl (C=O) groups excluding carboxylic acids is 1. The number of nitrogens with zero attached hydrogens (tertiary/aromatic N) is 3. The molecule has 7 heteroatoms. The molecule has 7 nitrogen and oxygen atoms in total. The van der Waals surface area contributed by atoms with Crippen LogP contribution in [-0.4, -0.2) is 27.4 Å². The lowest BCUT2D eigenvalue weighted by atomic mass is 10.2. The van der Waals surface area contributed by atoms with Crippen molar-refractivity contribution in [1.29, 1.82) is 0 Å². The fourth-order valence-electron chi connectivity index (χ4n) is 2.68. The minimum absolute atomic E-state index is 0.106. The van der Waals surface area contributed by atoms with Gasteiger partial charge in [0.1, 0.15) is 5.75 Å². The number of methoxy groups -OCH3 is 1. The summed E-state index contributed by atoms with van der Waals surface area (Å²) in [6, 6.07) is 11.3. The van der Waals surface area contributed by atoms with E-state index in [1.165, 1.54) is 6.20 Å². The van der Waals surface area contributed by atoms with Crippen molar-refractivity contribution in [3.8, 4) is 5.75 Å². The monoisotopic (exact) mass is 366 g/mol. The number of carbonyl (C=O) groups is 1. The predicted molar refractivity (Wildman–Crippen MR) is 102 cm³/mol. The van der Waals surface area contributed by atoms with Gasteiger partial charge in [0.15, 0.2) is 0 Å². The molecule has 2 heterocycles. The van der Waals surface area contributed by atoms with Crippen molar-refractivity contribution in [2.75, 3.05) is 7.11 Å². The maximum absolute atomic E-state index is 12.3. The highest BCUT2D eigenvalue weighted by molar-refractivity contribution is 5.93. The summed E-state index contributed by atoms with van der Waals surface area (Å²) >= 11 is 0. The molecule has 0 radical (unpaired) electrons. The molecule has 0 aliphatic rings. The highest BCUT2D eigenvalue weighted by Gasteiger charge is 2.10. The Morgan fingerprint density at radius 3 is 2.63 bits per heavy atom. The number of rotatable bonds is 6. The number of pyridine rings is 1. The number of hydrogen-bond acceptors (Lipinski definition) is 4. The van der Waals surface area contributed by atoms with E-state index in [0.29, 0.717) is 17.7 Å². The average molecular weight is 366 g/mol. The van der Waals surface area contributed by atoms with Crippen molar-refractivity contribution in [3.63, 3.8) is 0 Å². The van der Waals surface area contributed by atoms with E-state index < -0.39 is 0 Å². The standard InChI is InChI=1S/C20H22N4O3/c1-14-4-7-16(20(26)23(14)2)10-21-19(25)17-11-22-24(13-17)12-15-5-8-18(27-3)9-6-15/h4-9,11,13H,10,12H2,1-3H3,(H,21,25). The van der Waals surface area contributed by atoms with Gasteiger partial charge < -0.3 is 14.6 Å². The molecule has 3 rings (SSSR count). The van der Waals surface area contributed by atoms with Crippen LogP contribution in [0.3, 0.4) is 0 Å². The van der Waals surface area contributed by atoms with Crippen LogP contribution in [0.25, 0.3) is 0 Å². The first kappa shape index (κ1) is 18.4. The van der Waals surface area contributed by atoms with Crippen molar-refractivity contribution in [2.45, 2.75) is 20.0 Å². The van der Waals surface area contributed by atoms with Crippen LogP contribution in [0, 0.1) is 6.92 Å². The molecular formula is C20H22N4O3. The largest absolute Gasteiger partial charge is 0.497 e. The van der Waals surface area contributed by atoms with Crippen LogP contribution in [-0.2, 0) is 20.1 Å². The zero-order valence-electron chi connectivity index (χ0n) is 15.6. The maximum atomic E-state index is 12.3. The van der Waals surface area contributed by atoms with Crippen LogP contribution in [0.4, 0.5) is 0 Å². The van der Waals surface area contributed by atoms with E-state index in [4.69, 9.17) is 4.74 Å². The predicted octanol–water partition coefficient (Wildman–Crippen LogP) is 1.88. The number of hydrogen-bond donors (Lipinski definition) is 1. The summed E-state index contributed by atoms with van der Waals surface area (Å²) in [5.74, 6) is 0.528. The molecule has 1 amide bonds. The molecule has 0 unspecified atom stereocenters. The summed E-state index contributed by atoms with van der Waals surface area (Å²) in [7, 11) is 3.34. The van der Waals surface area contributed by atoms with Crippen LogP contribution in [0.1, 0.15) is 27.2 Å². The molecule has 140 valence electrons. The molecule has 0 saturated heterocycles. The second-order valence-electron chi connectivity index (χ2n) is 6.32. The smallest absolute Gasteiger partial charge is 0.255 e. The van der Waals surface area contributed by atoms with Gasteiger partial charge in [0.25, 0.3) is 11.5 Å². The quantitative estimate of drug-likeness (QED) is 0.722. The van der Waals surface area contributed by atoms with Gasteiger partial charge in [0.2, 0.25) is 0 Å². The molecule has 3 aromatic rings. The van der Waals surface area contributed by atoms with Crippen molar-refractivity contribution >= 4 is 5.91 Å². The second kappa shape index (κ2) is 7.90. The van der Waals surface area contributed by atoms with Gasteiger partial charge >= 0.3 is 0 Å². The molecule has 1 N–H and O–H groups in total. The molecule has 0 aliphatic heterocycles. The summed E-state index contributed by atoms with van der Waals surface area (Å²) in [4.78, 5) is 24.5.